The Balaban J connectivity index is 2.58. The fraction of sp³-hybridized carbons (Fsp3) is 0.846. The molecular formula is C13H26N2O. The van der Waals surface area contributed by atoms with Crippen LogP contribution in [0.1, 0.15) is 45.4 Å². The van der Waals surface area contributed by atoms with Crippen LogP contribution in [0.3, 0.4) is 0 Å². The first-order valence-corrected chi connectivity index (χ1v) is 6.52. The molecule has 1 rings (SSSR count). The largest absolute Gasteiger partial charge is 0.377 e. The zero-order valence-corrected chi connectivity index (χ0v) is 10.5. The normalized spacial score (nSPS) is 21.6. The lowest BCUT2D eigenvalue weighted by Gasteiger charge is -2.35. The van der Waals surface area contributed by atoms with E-state index in [0.717, 1.165) is 13.0 Å². The van der Waals surface area contributed by atoms with Gasteiger partial charge in [-0.05, 0) is 32.1 Å². The molecule has 0 bridgehead atoms. The molecule has 0 aromatic carbocycles. The van der Waals surface area contributed by atoms with Crippen LogP contribution >= 0.6 is 0 Å². The first-order valence-electron chi connectivity index (χ1n) is 6.52. The molecule has 2 unspecified atom stereocenters. The molecule has 3 N–H and O–H groups in total. The van der Waals surface area contributed by atoms with Gasteiger partial charge in [0.15, 0.2) is 0 Å². The van der Waals surface area contributed by atoms with Gasteiger partial charge in [0.25, 0.3) is 0 Å². The average molecular weight is 226 g/mol. The monoisotopic (exact) mass is 226 g/mol. The predicted molar refractivity (Wildman–Crippen MR) is 67.9 cm³/mol. The highest BCUT2D eigenvalue weighted by atomic mass is 16.5. The van der Waals surface area contributed by atoms with Crippen LogP contribution < -0.4 is 11.3 Å². The number of ether oxygens (including phenoxy) is 1. The standard InChI is InChI=1S/C13H26N2O/c1-3-8-12(15-14)13(16-4-2)11-9-6-5-7-10-11/h3,11-13,15H,1,4-10,14H2,2H3. The van der Waals surface area contributed by atoms with Crippen LogP contribution in [0.2, 0.25) is 0 Å². The Hall–Kier alpha value is -0.380. The molecule has 0 spiro atoms. The highest BCUT2D eigenvalue weighted by Gasteiger charge is 2.29. The number of hydrogen-bond donors (Lipinski definition) is 2. The minimum Gasteiger partial charge on any atom is -0.377 e. The molecule has 0 saturated heterocycles. The molecule has 1 saturated carbocycles. The highest BCUT2D eigenvalue weighted by Crippen LogP contribution is 2.30. The minimum absolute atomic E-state index is 0.209. The van der Waals surface area contributed by atoms with Crippen molar-refractivity contribution in [3.63, 3.8) is 0 Å². The minimum atomic E-state index is 0.209. The molecule has 16 heavy (non-hydrogen) atoms. The Morgan fingerprint density at radius 2 is 2.12 bits per heavy atom. The maximum atomic E-state index is 5.90. The van der Waals surface area contributed by atoms with Gasteiger partial charge in [-0.1, -0.05) is 25.3 Å². The molecule has 94 valence electrons. The quantitative estimate of drug-likeness (QED) is 0.398. The molecule has 0 radical (unpaired) electrons. The lowest BCUT2D eigenvalue weighted by Crippen LogP contribution is -2.48. The van der Waals surface area contributed by atoms with Gasteiger partial charge in [0.05, 0.1) is 12.1 Å². The number of rotatable bonds is 7. The van der Waals surface area contributed by atoms with E-state index in [1.807, 2.05) is 6.08 Å². The summed E-state index contributed by atoms with van der Waals surface area (Å²) in [6.07, 6.45) is 9.63. The van der Waals surface area contributed by atoms with Gasteiger partial charge in [0.2, 0.25) is 0 Å². The maximum Gasteiger partial charge on any atom is 0.0772 e. The van der Waals surface area contributed by atoms with Gasteiger partial charge < -0.3 is 4.74 Å². The third-order valence-electron chi connectivity index (χ3n) is 3.50. The second-order valence-electron chi connectivity index (χ2n) is 4.62. The highest BCUT2D eigenvalue weighted by molar-refractivity contribution is 4.88. The van der Waals surface area contributed by atoms with E-state index in [1.165, 1.54) is 32.1 Å². The van der Waals surface area contributed by atoms with Crippen LogP contribution in [0, 0.1) is 5.92 Å². The Bertz CT molecular complexity index is 190. The zero-order valence-electron chi connectivity index (χ0n) is 10.5. The molecule has 0 heterocycles. The molecular weight excluding hydrogens is 200 g/mol. The smallest absolute Gasteiger partial charge is 0.0772 e. The summed E-state index contributed by atoms with van der Waals surface area (Å²) < 4.78 is 5.90. The molecule has 2 atom stereocenters. The van der Waals surface area contributed by atoms with Crippen molar-refractivity contribution in [2.75, 3.05) is 6.61 Å². The lowest BCUT2D eigenvalue weighted by molar-refractivity contribution is -0.0169. The lowest BCUT2D eigenvalue weighted by atomic mass is 9.82. The zero-order chi connectivity index (χ0) is 11.8. The van der Waals surface area contributed by atoms with Crippen molar-refractivity contribution < 1.29 is 4.74 Å². The summed E-state index contributed by atoms with van der Waals surface area (Å²) in [6.45, 7) is 6.60. The fourth-order valence-corrected chi connectivity index (χ4v) is 2.71. The van der Waals surface area contributed by atoms with Crippen LogP contribution in [0.5, 0.6) is 0 Å². The van der Waals surface area contributed by atoms with Crippen molar-refractivity contribution in [2.45, 2.75) is 57.6 Å². The molecule has 1 aliphatic rings. The molecule has 3 nitrogen and oxygen atoms in total. The Morgan fingerprint density at radius 3 is 2.62 bits per heavy atom. The molecule has 0 aromatic rings. The number of hydrazine groups is 1. The van der Waals surface area contributed by atoms with Crippen molar-refractivity contribution in [3.05, 3.63) is 12.7 Å². The van der Waals surface area contributed by atoms with Crippen LogP contribution in [0.4, 0.5) is 0 Å². The second-order valence-corrected chi connectivity index (χ2v) is 4.62. The van der Waals surface area contributed by atoms with E-state index < -0.39 is 0 Å². The summed E-state index contributed by atoms with van der Waals surface area (Å²) in [4.78, 5) is 0. The van der Waals surface area contributed by atoms with E-state index in [1.54, 1.807) is 0 Å². The summed E-state index contributed by atoms with van der Waals surface area (Å²) in [5, 5.41) is 0. The van der Waals surface area contributed by atoms with Crippen molar-refractivity contribution in [1.29, 1.82) is 0 Å². The van der Waals surface area contributed by atoms with Crippen LogP contribution in [0.15, 0.2) is 12.7 Å². The predicted octanol–water partition coefficient (Wildman–Crippen LogP) is 2.38. The van der Waals surface area contributed by atoms with Crippen LogP contribution in [-0.2, 0) is 4.74 Å². The number of nitrogens with one attached hydrogen (secondary N) is 1. The SMILES string of the molecule is C=CCC(NN)C(OCC)C1CCCCC1. The van der Waals surface area contributed by atoms with Crippen molar-refractivity contribution >= 4 is 0 Å². The first kappa shape index (κ1) is 13.7. The second kappa shape index (κ2) is 7.82. The molecule has 0 amide bonds. The molecule has 3 heteroatoms. The summed E-state index contributed by atoms with van der Waals surface area (Å²) in [5.74, 6) is 6.28. The van der Waals surface area contributed by atoms with Crippen LogP contribution in [-0.4, -0.2) is 18.8 Å². The Kier molecular flexibility index (Phi) is 6.69. The topological polar surface area (TPSA) is 47.3 Å². The van der Waals surface area contributed by atoms with E-state index in [2.05, 4.69) is 18.9 Å². The number of nitrogens with two attached hydrogens (primary N) is 1. The molecule has 1 fully saturated rings. The molecule has 0 aliphatic heterocycles. The third-order valence-corrected chi connectivity index (χ3v) is 3.50. The Morgan fingerprint density at radius 1 is 1.44 bits per heavy atom. The maximum absolute atomic E-state index is 5.90. The van der Waals surface area contributed by atoms with E-state index in [-0.39, 0.29) is 12.1 Å². The van der Waals surface area contributed by atoms with Crippen molar-refractivity contribution in [1.82, 2.24) is 5.43 Å². The first-order chi connectivity index (χ1) is 7.83. The van der Waals surface area contributed by atoms with E-state index in [9.17, 15) is 0 Å². The summed E-state index contributed by atoms with van der Waals surface area (Å²) in [7, 11) is 0. The van der Waals surface area contributed by atoms with Crippen molar-refractivity contribution in [3.8, 4) is 0 Å². The Labute approximate surface area is 99.4 Å². The van der Waals surface area contributed by atoms with Gasteiger partial charge in [-0.15, -0.1) is 6.58 Å². The van der Waals surface area contributed by atoms with E-state index >= 15 is 0 Å². The third kappa shape index (κ3) is 3.89. The van der Waals surface area contributed by atoms with Gasteiger partial charge in [-0.2, -0.15) is 0 Å². The van der Waals surface area contributed by atoms with E-state index in [4.69, 9.17) is 10.6 Å². The van der Waals surface area contributed by atoms with Crippen molar-refractivity contribution in [2.24, 2.45) is 11.8 Å². The van der Waals surface area contributed by atoms with Gasteiger partial charge in [0.1, 0.15) is 0 Å². The van der Waals surface area contributed by atoms with Gasteiger partial charge in [-0.25, -0.2) is 0 Å². The average Bonchev–Trinajstić information content (AvgIpc) is 2.35. The molecule has 0 aromatic heterocycles. The van der Waals surface area contributed by atoms with Gasteiger partial charge >= 0.3 is 0 Å². The fourth-order valence-electron chi connectivity index (χ4n) is 2.71. The van der Waals surface area contributed by atoms with Gasteiger partial charge in [-0.3, -0.25) is 11.3 Å². The van der Waals surface area contributed by atoms with E-state index in [0.29, 0.717) is 5.92 Å². The van der Waals surface area contributed by atoms with Gasteiger partial charge in [0, 0.05) is 6.61 Å². The van der Waals surface area contributed by atoms with Crippen LogP contribution in [0.25, 0.3) is 0 Å². The number of hydrogen-bond acceptors (Lipinski definition) is 3. The summed E-state index contributed by atoms with van der Waals surface area (Å²) in [6, 6.07) is 0.209. The molecule has 1 aliphatic carbocycles. The summed E-state index contributed by atoms with van der Waals surface area (Å²) >= 11 is 0. The summed E-state index contributed by atoms with van der Waals surface area (Å²) in [5.41, 5.74) is 2.89.